The van der Waals surface area contributed by atoms with E-state index in [1.54, 1.807) is 0 Å². The van der Waals surface area contributed by atoms with Crippen molar-refractivity contribution in [2.45, 2.75) is 19.3 Å². The van der Waals surface area contributed by atoms with Crippen molar-refractivity contribution in [2.75, 3.05) is 18.0 Å². The van der Waals surface area contributed by atoms with Crippen LogP contribution in [0.15, 0.2) is 12.1 Å². The Labute approximate surface area is 110 Å². The van der Waals surface area contributed by atoms with Crippen LogP contribution in [-0.4, -0.2) is 24.2 Å². The van der Waals surface area contributed by atoms with Crippen LogP contribution in [0.4, 0.5) is 32.2 Å². The first-order chi connectivity index (χ1) is 8.53. The molecule has 1 aromatic rings. The highest BCUT2D eigenvalue weighted by Crippen LogP contribution is 2.33. The van der Waals surface area contributed by atoms with Crippen LogP contribution in [-0.2, 0) is 6.18 Å². The first-order valence-corrected chi connectivity index (χ1v) is 5.47. The number of rotatable bonds is 3. The summed E-state index contributed by atoms with van der Waals surface area (Å²) in [4.78, 5) is 4.16. The van der Waals surface area contributed by atoms with Crippen LogP contribution < -0.4 is 4.90 Å². The Morgan fingerprint density at radius 3 is 2.16 bits per heavy atom. The molecular weight excluding hydrogens is 298 g/mol. The largest absolute Gasteiger partial charge is 0.416 e. The second-order valence-electron chi connectivity index (χ2n) is 3.66. The van der Waals surface area contributed by atoms with Crippen molar-refractivity contribution >= 4 is 17.4 Å². The summed E-state index contributed by atoms with van der Waals surface area (Å²) in [5.74, 6) is -0.459. The monoisotopic (exact) mass is 306 g/mol. The normalized spacial score (nSPS) is 12.6. The van der Waals surface area contributed by atoms with Crippen molar-refractivity contribution in [3.8, 4) is 0 Å². The molecule has 108 valence electrons. The molecule has 0 N–H and O–H groups in total. The lowest BCUT2D eigenvalue weighted by Gasteiger charge is -2.24. The molecular formula is C10H9ClF6N2. The molecule has 0 aliphatic heterocycles. The Bertz CT molecular complexity index is 443. The zero-order valence-corrected chi connectivity index (χ0v) is 10.4. The van der Waals surface area contributed by atoms with Crippen molar-refractivity contribution in [1.82, 2.24) is 4.98 Å². The molecule has 0 fully saturated rings. The van der Waals surface area contributed by atoms with E-state index in [2.05, 4.69) is 4.98 Å². The average molecular weight is 307 g/mol. The van der Waals surface area contributed by atoms with E-state index in [1.165, 1.54) is 6.92 Å². The summed E-state index contributed by atoms with van der Waals surface area (Å²) in [5, 5.41) is -0.509. The van der Waals surface area contributed by atoms with Gasteiger partial charge >= 0.3 is 12.4 Å². The van der Waals surface area contributed by atoms with Gasteiger partial charge in [0.2, 0.25) is 0 Å². The van der Waals surface area contributed by atoms with Crippen molar-refractivity contribution in [1.29, 1.82) is 0 Å². The molecule has 0 aromatic carbocycles. The van der Waals surface area contributed by atoms with Crippen LogP contribution in [0.25, 0.3) is 0 Å². The highest BCUT2D eigenvalue weighted by Gasteiger charge is 2.34. The van der Waals surface area contributed by atoms with Crippen LogP contribution in [0, 0.1) is 0 Å². The van der Waals surface area contributed by atoms with Gasteiger partial charge in [-0.15, -0.1) is 0 Å². The number of aromatic nitrogens is 1. The highest BCUT2D eigenvalue weighted by molar-refractivity contribution is 6.29. The molecule has 1 rings (SSSR count). The molecule has 9 heteroatoms. The van der Waals surface area contributed by atoms with E-state index in [0.717, 1.165) is 0 Å². The van der Waals surface area contributed by atoms with E-state index in [0.29, 0.717) is 17.0 Å². The topological polar surface area (TPSA) is 16.1 Å². The molecule has 1 aromatic heterocycles. The summed E-state index contributed by atoms with van der Waals surface area (Å²) in [6.45, 7) is -0.167. The smallest absolute Gasteiger partial charge is 0.348 e. The minimum atomic E-state index is -4.70. The Morgan fingerprint density at radius 2 is 1.74 bits per heavy atom. The lowest BCUT2D eigenvalue weighted by molar-refractivity contribution is -0.137. The van der Waals surface area contributed by atoms with Crippen molar-refractivity contribution < 1.29 is 26.3 Å². The van der Waals surface area contributed by atoms with E-state index >= 15 is 0 Å². The molecule has 0 radical (unpaired) electrons. The molecule has 1 heterocycles. The molecule has 0 amide bonds. The standard InChI is InChI=1S/C10H9ClF6N2/c1-2-19(5-9(12,13)14)8-4-6(10(15,16)17)3-7(11)18-8/h3-4H,2,5H2,1H3. The van der Waals surface area contributed by atoms with Crippen LogP contribution in [0.2, 0.25) is 5.15 Å². The van der Waals surface area contributed by atoms with Gasteiger partial charge in [0.25, 0.3) is 0 Å². The van der Waals surface area contributed by atoms with Crippen LogP contribution >= 0.6 is 11.6 Å². The van der Waals surface area contributed by atoms with E-state index in [4.69, 9.17) is 11.6 Å². The summed E-state index contributed by atoms with van der Waals surface area (Å²) in [5.41, 5.74) is -1.14. The maximum Gasteiger partial charge on any atom is 0.416 e. The number of anilines is 1. The molecule has 19 heavy (non-hydrogen) atoms. The Morgan fingerprint density at radius 1 is 1.16 bits per heavy atom. The van der Waals surface area contributed by atoms with E-state index in [9.17, 15) is 26.3 Å². The Balaban J connectivity index is 3.14. The van der Waals surface area contributed by atoms with Gasteiger partial charge in [-0.3, -0.25) is 0 Å². The lowest BCUT2D eigenvalue weighted by Crippen LogP contribution is -2.34. The summed E-state index contributed by atoms with van der Waals surface area (Å²) in [6.07, 6.45) is -9.24. The third kappa shape index (κ3) is 4.77. The summed E-state index contributed by atoms with van der Waals surface area (Å²) < 4.78 is 74.4. The number of alkyl halides is 6. The minimum Gasteiger partial charge on any atom is -0.348 e. The van der Waals surface area contributed by atoms with E-state index in [1.807, 2.05) is 0 Å². The fourth-order valence-electron chi connectivity index (χ4n) is 1.38. The first-order valence-electron chi connectivity index (χ1n) is 5.09. The lowest BCUT2D eigenvalue weighted by atomic mass is 10.2. The van der Waals surface area contributed by atoms with Gasteiger partial charge in [-0.25, -0.2) is 4.98 Å². The van der Waals surface area contributed by atoms with Crippen molar-refractivity contribution in [3.05, 3.63) is 22.8 Å². The zero-order valence-electron chi connectivity index (χ0n) is 9.61. The molecule has 0 unspecified atom stereocenters. The third-order valence-corrected chi connectivity index (χ3v) is 2.38. The summed E-state index contributed by atoms with van der Waals surface area (Å²) >= 11 is 5.41. The zero-order chi connectivity index (χ0) is 14.8. The first kappa shape index (κ1) is 15.9. The van der Waals surface area contributed by atoms with Crippen molar-refractivity contribution in [2.24, 2.45) is 0 Å². The predicted octanol–water partition coefficient (Wildman–Crippen LogP) is 4.14. The number of halogens is 7. The number of nitrogens with zero attached hydrogens (tertiary/aromatic N) is 2. The van der Waals surface area contributed by atoms with Gasteiger partial charge < -0.3 is 4.90 Å². The quantitative estimate of drug-likeness (QED) is 0.616. The fraction of sp³-hybridized carbons (Fsp3) is 0.500. The molecule has 0 bridgehead atoms. The van der Waals surface area contributed by atoms with Gasteiger partial charge in [0.1, 0.15) is 17.5 Å². The van der Waals surface area contributed by atoms with Crippen LogP contribution in [0.1, 0.15) is 12.5 Å². The van der Waals surface area contributed by atoms with Gasteiger partial charge in [-0.2, -0.15) is 26.3 Å². The van der Waals surface area contributed by atoms with Crippen molar-refractivity contribution in [3.63, 3.8) is 0 Å². The second-order valence-corrected chi connectivity index (χ2v) is 4.05. The molecule has 0 saturated carbocycles. The van der Waals surface area contributed by atoms with Crippen LogP contribution in [0.5, 0.6) is 0 Å². The molecule has 0 spiro atoms. The minimum absolute atomic E-state index is 0.149. The predicted molar refractivity (Wildman–Crippen MR) is 58.2 cm³/mol. The average Bonchev–Trinajstić information content (AvgIpc) is 2.22. The number of pyridine rings is 1. The maximum atomic E-state index is 12.5. The Kier molecular flexibility index (Phi) is 4.54. The van der Waals surface area contributed by atoms with Gasteiger partial charge in [-0.1, -0.05) is 11.6 Å². The van der Waals surface area contributed by atoms with Crippen LogP contribution in [0.3, 0.4) is 0 Å². The van der Waals surface area contributed by atoms with Gasteiger partial charge in [0.05, 0.1) is 5.56 Å². The van der Waals surface area contributed by atoms with E-state index in [-0.39, 0.29) is 6.54 Å². The second kappa shape index (κ2) is 5.44. The molecule has 0 aliphatic carbocycles. The van der Waals surface area contributed by atoms with Gasteiger partial charge in [0.15, 0.2) is 0 Å². The molecule has 2 nitrogen and oxygen atoms in total. The SMILES string of the molecule is CCN(CC(F)(F)F)c1cc(C(F)(F)F)cc(Cl)n1. The summed E-state index contributed by atoms with van der Waals surface area (Å²) in [7, 11) is 0. The van der Waals surface area contributed by atoms with Gasteiger partial charge in [0, 0.05) is 6.54 Å². The fourth-order valence-corrected chi connectivity index (χ4v) is 1.58. The molecule has 0 aliphatic rings. The number of hydrogen-bond acceptors (Lipinski definition) is 2. The highest BCUT2D eigenvalue weighted by atomic mass is 35.5. The maximum absolute atomic E-state index is 12.5. The van der Waals surface area contributed by atoms with Gasteiger partial charge in [-0.05, 0) is 19.1 Å². The molecule has 0 atom stereocenters. The Hall–Kier alpha value is -1.18. The summed E-state index contributed by atoms with van der Waals surface area (Å²) in [6, 6.07) is 1.10. The molecule has 0 saturated heterocycles. The van der Waals surface area contributed by atoms with E-state index < -0.39 is 35.4 Å². The third-order valence-electron chi connectivity index (χ3n) is 2.18. The number of hydrogen-bond donors (Lipinski definition) is 0.